The number of carbonyl (C=O) groups is 1. The molecule has 0 fully saturated rings. The van der Waals surface area contributed by atoms with Gasteiger partial charge in [0, 0.05) is 10.7 Å². The van der Waals surface area contributed by atoms with Gasteiger partial charge in [0.15, 0.2) is 5.76 Å². The lowest BCUT2D eigenvalue weighted by Gasteiger charge is -2.20. The molecule has 3 aromatic rings. The lowest BCUT2D eigenvalue weighted by atomic mass is 9.91. The first-order chi connectivity index (χ1) is 13.7. The van der Waals surface area contributed by atoms with Crippen LogP contribution in [-0.4, -0.2) is 17.5 Å². The molecule has 1 aromatic heterocycles. The Morgan fingerprint density at radius 2 is 1.75 bits per heavy atom. The number of nitrogens with zero attached hydrogens (tertiary/aromatic N) is 2. The highest BCUT2D eigenvalue weighted by Gasteiger charge is 2.28. The maximum atomic E-state index is 12.7. The van der Waals surface area contributed by atoms with E-state index in [1.165, 1.54) is 6.26 Å². The van der Waals surface area contributed by atoms with Crippen LogP contribution in [0.1, 0.15) is 35.4 Å². The van der Waals surface area contributed by atoms with Gasteiger partial charge in [0.05, 0.1) is 23.6 Å². The average molecular weight is 392 g/mol. The summed E-state index contributed by atoms with van der Waals surface area (Å²) in [5, 5.41) is 3.58. The molecule has 6 heteroatoms. The van der Waals surface area contributed by atoms with Crippen molar-refractivity contribution in [3.8, 4) is 0 Å². The Hall–Kier alpha value is -3.18. The molecule has 0 spiro atoms. The van der Waals surface area contributed by atoms with Gasteiger partial charge in [-0.2, -0.15) is 0 Å². The summed E-state index contributed by atoms with van der Waals surface area (Å²) in [6.45, 7) is 2.04. The van der Waals surface area contributed by atoms with Crippen molar-refractivity contribution in [3.05, 3.63) is 83.3 Å². The van der Waals surface area contributed by atoms with Crippen molar-refractivity contribution in [1.29, 1.82) is 0 Å². The van der Waals surface area contributed by atoms with E-state index in [1.54, 1.807) is 12.1 Å². The molecule has 0 saturated heterocycles. The van der Waals surface area contributed by atoms with E-state index in [1.807, 2.05) is 55.5 Å². The predicted molar refractivity (Wildman–Crippen MR) is 111 cm³/mol. The first kappa shape index (κ1) is 18.2. The van der Waals surface area contributed by atoms with E-state index >= 15 is 0 Å². The molecule has 5 nitrogen and oxygen atoms in total. The zero-order valence-electron chi connectivity index (χ0n) is 15.2. The third kappa shape index (κ3) is 3.62. The van der Waals surface area contributed by atoms with Gasteiger partial charge in [-0.3, -0.25) is 9.79 Å². The van der Waals surface area contributed by atoms with Crippen molar-refractivity contribution in [3.63, 3.8) is 0 Å². The largest absolute Gasteiger partial charge is 0.459 e. The lowest BCUT2D eigenvalue weighted by molar-refractivity contribution is 0.0949. The highest BCUT2D eigenvalue weighted by molar-refractivity contribution is 6.30. The molecule has 0 bridgehead atoms. The Morgan fingerprint density at radius 3 is 2.39 bits per heavy atom. The van der Waals surface area contributed by atoms with Crippen LogP contribution in [0.3, 0.4) is 0 Å². The van der Waals surface area contributed by atoms with Crippen LogP contribution in [0.15, 0.2) is 81.3 Å². The molecule has 1 amide bonds. The molecule has 0 aliphatic carbocycles. The van der Waals surface area contributed by atoms with E-state index in [2.05, 4.69) is 5.32 Å². The van der Waals surface area contributed by atoms with Crippen LogP contribution in [-0.2, 0) is 0 Å². The third-order valence-electron chi connectivity index (χ3n) is 4.55. The molecule has 1 aliphatic heterocycles. The second-order valence-corrected chi connectivity index (χ2v) is 6.79. The first-order valence-corrected chi connectivity index (χ1v) is 9.39. The Kier molecular flexibility index (Phi) is 5.08. The SMILES string of the molecule is CCC1=Nc2ccccc2N=C(NC(=O)c2ccco2)[C@@H]1c1ccc(Cl)cc1. The quantitative estimate of drug-likeness (QED) is 0.624. The monoisotopic (exact) mass is 391 g/mol. The summed E-state index contributed by atoms with van der Waals surface area (Å²) in [5.41, 5.74) is 3.35. The zero-order valence-corrected chi connectivity index (χ0v) is 16.0. The minimum atomic E-state index is -0.349. The Bertz CT molecular complexity index is 1050. The van der Waals surface area contributed by atoms with Crippen LogP contribution >= 0.6 is 11.6 Å². The van der Waals surface area contributed by atoms with Crippen LogP contribution in [0, 0.1) is 0 Å². The van der Waals surface area contributed by atoms with Crippen molar-refractivity contribution in [2.24, 2.45) is 9.98 Å². The molecule has 1 aliphatic rings. The number of nitrogens with one attached hydrogen (secondary N) is 1. The summed E-state index contributed by atoms with van der Waals surface area (Å²) in [4.78, 5) is 22.3. The number of rotatable bonds is 3. The molecule has 1 N–H and O–H groups in total. The molecule has 4 rings (SSSR count). The maximum absolute atomic E-state index is 12.7. The second kappa shape index (κ2) is 7.82. The minimum Gasteiger partial charge on any atom is -0.459 e. The second-order valence-electron chi connectivity index (χ2n) is 6.36. The number of furan rings is 1. The number of para-hydroxylation sites is 2. The fourth-order valence-corrected chi connectivity index (χ4v) is 3.33. The number of carbonyl (C=O) groups excluding carboxylic acids is 1. The van der Waals surface area contributed by atoms with Gasteiger partial charge in [-0.15, -0.1) is 0 Å². The number of fused-ring (bicyclic) bond motifs is 1. The van der Waals surface area contributed by atoms with E-state index in [9.17, 15) is 4.79 Å². The molecule has 0 radical (unpaired) electrons. The van der Waals surface area contributed by atoms with Crippen LogP contribution in [0.4, 0.5) is 11.4 Å². The van der Waals surface area contributed by atoms with Gasteiger partial charge < -0.3 is 9.73 Å². The first-order valence-electron chi connectivity index (χ1n) is 9.01. The van der Waals surface area contributed by atoms with Crippen LogP contribution in [0.2, 0.25) is 5.02 Å². The average Bonchev–Trinajstić information content (AvgIpc) is 3.20. The third-order valence-corrected chi connectivity index (χ3v) is 4.80. The van der Waals surface area contributed by atoms with Crippen molar-refractivity contribution in [1.82, 2.24) is 5.32 Å². The molecule has 2 aromatic carbocycles. The van der Waals surface area contributed by atoms with E-state index in [-0.39, 0.29) is 17.6 Å². The van der Waals surface area contributed by atoms with Crippen LogP contribution < -0.4 is 5.32 Å². The minimum absolute atomic E-state index is 0.227. The van der Waals surface area contributed by atoms with Gasteiger partial charge >= 0.3 is 0 Å². The van der Waals surface area contributed by atoms with Crippen molar-refractivity contribution in [2.45, 2.75) is 19.3 Å². The highest BCUT2D eigenvalue weighted by atomic mass is 35.5. The molecular weight excluding hydrogens is 374 g/mol. The molecule has 0 unspecified atom stereocenters. The number of halogens is 1. The number of hydrogen-bond donors (Lipinski definition) is 1. The van der Waals surface area contributed by atoms with E-state index < -0.39 is 0 Å². The van der Waals surface area contributed by atoms with Crippen LogP contribution in [0.25, 0.3) is 0 Å². The number of benzene rings is 2. The highest BCUT2D eigenvalue weighted by Crippen LogP contribution is 2.35. The Labute approximate surface area is 167 Å². The normalized spacial score (nSPS) is 15.9. The maximum Gasteiger partial charge on any atom is 0.292 e. The van der Waals surface area contributed by atoms with Gasteiger partial charge in [-0.1, -0.05) is 42.8 Å². The molecule has 2 heterocycles. The predicted octanol–water partition coefficient (Wildman–Crippen LogP) is 5.67. The fraction of sp³-hybridized carbons (Fsp3) is 0.136. The van der Waals surface area contributed by atoms with E-state index in [0.717, 1.165) is 17.0 Å². The fourth-order valence-electron chi connectivity index (χ4n) is 3.20. The summed E-state index contributed by atoms with van der Waals surface area (Å²) >= 11 is 6.07. The topological polar surface area (TPSA) is 67.0 Å². The van der Waals surface area contributed by atoms with E-state index in [0.29, 0.717) is 23.0 Å². The lowest BCUT2D eigenvalue weighted by Crippen LogP contribution is -2.37. The smallest absolute Gasteiger partial charge is 0.292 e. The van der Waals surface area contributed by atoms with E-state index in [4.69, 9.17) is 26.0 Å². The Morgan fingerprint density at radius 1 is 1.04 bits per heavy atom. The molecule has 28 heavy (non-hydrogen) atoms. The van der Waals surface area contributed by atoms with Crippen molar-refractivity contribution in [2.75, 3.05) is 0 Å². The number of amides is 1. The summed E-state index contributed by atoms with van der Waals surface area (Å²) in [7, 11) is 0. The number of aliphatic imine (C=N–C) groups is 2. The molecular formula is C22H18ClN3O2. The molecule has 140 valence electrons. The van der Waals surface area contributed by atoms with Gasteiger partial charge in [-0.05, 0) is 48.4 Å². The standard InChI is InChI=1S/C22H18ClN3O2/c1-2-16-20(14-9-11-15(23)12-10-14)21(26-22(27)19-8-5-13-28-19)25-18-7-4-3-6-17(18)24-16/h3-13,20H,2H2,1H3,(H,25,26,27)/t20-/m1/s1. The molecule has 1 atom stereocenters. The number of amidine groups is 1. The summed E-state index contributed by atoms with van der Waals surface area (Å²) < 4.78 is 5.23. The van der Waals surface area contributed by atoms with Crippen molar-refractivity contribution < 1.29 is 9.21 Å². The number of hydrogen-bond acceptors (Lipinski definition) is 4. The van der Waals surface area contributed by atoms with Crippen molar-refractivity contribution >= 4 is 40.4 Å². The Balaban J connectivity index is 1.83. The van der Waals surface area contributed by atoms with Gasteiger partial charge in [0.1, 0.15) is 5.84 Å². The van der Waals surface area contributed by atoms with Gasteiger partial charge in [-0.25, -0.2) is 4.99 Å². The summed E-state index contributed by atoms with van der Waals surface area (Å²) in [6.07, 6.45) is 2.17. The van der Waals surface area contributed by atoms with Gasteiger partial charge in [0.25, 0.3) is 5.91 Å². The van der Waals surface area contributed by atoms with Crippen LogP contribution in [0.5, 0.6) is 0 Å². The summed E-state index contributed by atoms with van der Waals surface area (Å²) in [5.74, 6) is 0.0884. The molecule has 0 saturated carbocycles. The zero-order chi connectivity index (χ0) is 19.5. The van der Waals surface area contributed by atoms with Gasteiger partial charge in [0.2, 0.25) is 0 Å². The summed E-state index contributed by atoms with van der Waals surface area (Å²) in [6, 6.07) is 18.4.